The molecular formula is C18H16Cl2N4OS2. The van der Waals surface area contributed by atoms with E-state index in [2.05, 4.69) is 20.8 Å². The summed E-state index contributed by atoms with van der Waals surface area (Å²) in [4.78, 5) is 12.2. The number of nitrogens with zero attached hydrogens (tertiary/aromatic N) is 2. The maximum atomic E-state index is 12.2. The average molecular weight is 439 g/mol. The summed E-state index contributed by atoms with van der Waals surface area (Å²) >= 11 is 15.1. The lowest BCUT2D eigenvalue weighted by Crippen LogP contribution is -2.14. The first-order valence-electron chi connectivity index (χ1n) is 8.01. The van der Waals surface area contributed by atoms with Crippen molar-refractivity contribution in [3.05, 3.63) is 63.6 Å². The quantitative estimate of drug-likeness (QED) is 0.476. The Morgan fingerprint density at radius 1 is 1.15 bits per heavy atom. The highest BCUT2D eigenvalue weighted by molar-refractivity contribution is 8.01. The molecule has 27 heavy (non-hydrogen) atoms. The largest absolute Gasteiger partial charge is 0.356 e. The second-order valence-corrected chi connectivity index (χ2v) is 8.59. The van der Waals surface area contributed by atoms with Gasteiger partial charge < -0.3 is 10.6 Å². The van der Waals surface area contributed by atoms with E-state index in [0.717, 1.165) is 11.1 Å². The number of hydrogen-bond donors (Lipinski definition) is 2. The number of thioether (sulfide) groups is 1. The lowest BCUT2D eigenvalue weighted by Gasteiger charge is -2.10. The maximum Gasteiger partial charge on any atom is 0.234 e. The minimum atomic E-state index is -0.205. The van der Waals surface area contributed by atoms with Gasteiger partial charge in [0.1, 0.15) is 0 Å². The van der Waals surface area contributed by atoms with E-state index < -0.39 is 0 Å². The van der Waals surface area contributed by atoms with Crippen LogP contribution in [0.15, 0.2) is 46.8 Å². The van der Waals surface area contributed by atoms with Crippen molar-refractivity contribution in [1.82, 2.24) is 10.2 Å². The van der Waals surface area contributed by atoms with E-state index in [9.17, 15) is 4.79 Å². The minimum absolute atomic E-state index is 0.188. The van der Waals surface area contributed by atoms with Gasteiger partial charge in [0.15, 0.2) is 4.34 Å². The fraction of sp³-hybridized carbons (Fsp3) is 0.167. The fourth-order valence-corrected chi connectivity index (χ4v) is 4.20. The zero-order chi connectivity index (χ0) is 19.2. The minimum Gasteiger partial charge on any atom is -0.356 e. The topological polar surface area (TPSA) is 66.9 Å². The van der Waals surface area contributed by atoms with Crippen LogP contribution >= 0.6 is 46.3 Å². The van der Waals surface area contributed by atoms with Crippen molar-refractivity contribution in [2.75, 3.05) is 16.4 Å². The normalized spacial score (nSPS) is 10.6. The van der Waals surface area contributed by atoms with Gasteiger partial charge in [-0.1, -0.05) is 82.7 Å². The standard InChI is InChI=1S/C18H16Cl2N4OS2/c1-11-7-8-13(19)16(15(11)20)22-14(25)10-26-18-24-23-17(27-18)21-9-12-5-3-2-4-6-12/h2-8H,9-10H2,1H3,(H,21,23)(H,22,25). The van der Waals surface area contributed by atoms with Gasteiger partial charge in [-0.3, -0.25) is 4.79 Å². The van der Waals surface area contributed by atoms with Crippen molar-refractivity contribution in [2.45, 2.75) is 17.8 Å². The number of hydrogen-bond acceptors (Lipinski definition) is 6. The molecule has 140 valence electrons. The summed E-state index contributed by atoms with van der Waals surface area (Å²) in [5, 5.41) is 15.7. The summed E-state index contributed by atoms with van der Waals surface area (Å²) in [7, 11) is 0. The van der Waals surface area contributed by atoms with E-state index in [1.165, 1.54) is 23.1 Å². The van der Waals surface area contributed by atoms with Crippen molar-refractivity contribution >= 4 is 63.0 Å². The molecule has 3 aromatic rings. The molecule has 0 atom stereocenters. The molecule has 3 rings (SSSR count). The Balaban J connectivity index is 1.51. The van der Waals surface area contributed by atoms with E-state index in [4.69, 9.17) is 23.2 Å². The number of amides is 1. The molecule has 0 aliphatic carbocycles. The molecule has 0 fully saturated rings. The third-order valence-corrected chi connectivity index (χ3v) is 6.38. The highest BCUT2D eigenvalue weighted by Gasteiger charge is 2.13. The van der Waals surface area contributed by atoms with Crippen LogP contribution in [0.1, 0.15) is 11.1 Å². The first-order chi connectivity index (χ1) is 13.0. The van der Waals surface area contributed by atoms with Gasteiger partial charge in [-0.05, 0) is 24.1 Å². The first kappa shape index (κ1) is 19.9. The van der Waals surface area contributed by atoms with E-state index in [0.29, 0.717) is 31.7 Å². The molecule has 0 radical (unpaired) electrons. The van der Waals surface area contributed by atoms with Crippen LogP contribution in [0.2, 0.25) is 10.0 Å². The Hall–Kier alpha value is -1.80. The van der Waals surface area contributed by atoms with Gasteiger partial charge in [0.05, 0.1) is 21.5 Å². The molecule has 1 amide bonds. The van der Waals surface area contributed by atoms with Crippen LogP contribution in [0.4, 0.5) is 10.8 Å². The number of benzene rings is 2. The molecular weight excluding hydrogens is 423 g/mol. The highest BCUT2D eigenvalue weighted by Crippen LogP contribution is 2.33. The first-order valence-corrected chi connectivity index (χ1v) is 10.6. The third kappa shape index (κ3) is 5.59. The molecule has 0 aliphatic rings. The Bertz CT molecular complexity index is 934. The van der Waals surface area contributed by atoms with Crippen LogP contribution in [-0.4, -0.2) is 21.9 Å². The number of nitrogens with one attached hydrogen (secondary N) is 2. The second-order valence-electron chi connectivity index (χ2n) is 5.60. The summed E-state index contributed by atoms with van der Waals surface area (Å²) in [6.07, 6.45) is 0. The maximum absolute atomic E-state index is 12.2. The summed E-state index contributed by atoms with van der Waals surface area (Å²) in [5.41, 5.74) is 2.45. The molecule has 1 heterocycles. The van der Waals surface area contributed by atoms with Gasteiger partial charge in [0.2, 0.25) is 11.0 Å². The van der Waals surface area contributed by atoms with Crippen LogP contribution in [-0.2, 0) is 11.3 Å². The predicted octanol–water partition coefficient (Wildman–Crippen LogP) is 5.50. The molecule has 2 N–H and O–H groups in total. The van der Waals surface area contributed by atoms with Crippen molar-refractivity contribution in [3.8, 4) is 0 Å². The molecule has 0 unspecified atom stereocenters. The highest BCUT2D eigenvalue weighted by atomic mass is 35.5. The van der Waals surface area contributed by atoms with Crippen molar-refractivity contribution in [2.24, 2.45) is 0 Å². The van der Waals surface area contributed by atoms with Gasteiger partial charge in [-0.2, -0.15) is 0 Å². The summed E-state index contributed by atoms with van der Waals surface area (Å²) in [6, 6.07) is 13.5. The van der Waals surface area contributed by atoms with Crippen molar-refractivity contribution in [1.29, 1.82) is 0 Å². The molecule has 5 nitrogen and oxygen atoms in total. The number of halogens is 2. The molecule has 0 saturated heterocycles. The van der Waals surface area contributed by atoms with E-state index >= 15 is 0 Å². The van der Waals surface area contributed by atoms with E-state index in [1.807, 2.05) is 37.3 Å². The number of aryl methyl sites for hydroxylation is 1. The molecule has 0 aliphatic heterocycles. The SMILES string of the molecule is Cc1ccc(Cl)c(NC(=O)CSc2nnc(NCc3ccccc3)s2)c1Cl. The van der Waals surface area contributed by atoms with E-state index in [1.54, 1.807) is 12.1 Å². The van der Waals surface area contributed by atoms with Gasteiger partial charge >= 0.3 is 0 Å². The third-order valence-electron chi connectivity index (χ3n) is 3.57. The van der Waals surface area contributed by atoms with Gasteiger partial charge in [-0.15, -0.1) is 10.2 Å². The van der Waals surface area contributed by atoms with Crippen LogP contribution in [0.5, 0.6) is 0 Å². The molecule has 0 spiro atoms. The molecule has 2 aromatic carbocycles. The van der Waals surface area contributed by atoms with Gasteiger partial charge in [0.25, 0.3) is 0 Å². The monoisotopic (exact) mass is 438 g/mol. The Morgan fingerprint density at radius 2 is 1.93 bits per heavy atom. The van der Waals surface area contributed by atoms with Crippen LogP contribution < -0.4 is 10.6 Å². The van der Waals surface area contributed by atoms with Crippen LogP contribution in [0.3, 0.4) is 0 Å². The van der Waals surface area contributed by atoms with Crippen molar-refractivity contribution in [3.63, 3.8) is 0 Å². The van der Waals surface area contributed by atoms with E-state index in [-0.39, 0.29) is 11.7 Å². The smallest absolute Gasteiger partial charge is 0.234 e. The number of carbonyl (C=O) groups is 1. The van der Waals surface area contributed by atoms with Crippen LogP contribution in [0, 0.1) is 6.92 Å². The number of aromatic nitrogens is 2. The predicted molar refractivity (Wildman–Crippen MR) is 114 cm³/mol. The Labute approximate surface area is 175 Å². The zero-order valence-electron chi connectivity index (χ0n) is 14.3. The van der Waals surface area contributed by atoms with Crippen LogP contribution in [0.25, 0.3) is 0 Å². The van der Waals surface area contributed by atoms with Crippen molar-refractivity contribution < 1.29 is 4.79 Å². The fourth-order valence-electron chi connectivity index (χ4n) is 2.19. The Morgan fingerprint density at radius 3 is 2.70 bits per heavy atom. The molecule has 0 bridgehead atoms. The Kier molecular flexibility index (Phi) is 6.95. The summed E-state index contributed by atoms with van der Waals surface area (Å²) < 4.78 is 0.710. The lowest BCUT2D eigenvalue weighted by atomic mass is 10.2. The molecule has 1 aromatic heterocycles. The summed E-state index contributed by atoms with van der Waals surface area (Å²) in [5.74, 6) is -0.0168. The van der Waals surface area contributed by atoms with Gasteiger partial charge in [0, 0.05) is 6.54 Å². The molecule has 9 heteroatoms. The summed E-state index contributed by atoms with van der Waals surface area (Å²) in [6.45, 7) is 2.53. The second kappa shape index (κ2) is 9.41. The van der Waals surface area contributed by atoms with Gasteiger partial charge in [-0.25, -0.2) is 0 Å². The molecule has 0 saturated carbocycles. The number of carbonyl (C=O) groups excluding carboxylic acids is 1. The number of anilines is 2. The zero-order valence-corrected chi connectivity index (χ0v) is 17.5. The average Bonchev–Trinajstić information content (AvgIpc) is 3.14. The number of rotatable bonds is 7. The lowest BCUT2D eigenvalue weighted by molar-refractivity contribution is -0.113.